The summed E-state index contributed by atoms with van der Waals surface area (Å²) in [6.07, 6.45) is 4.86. The number of guanidine groups is 1. The van der Waals surface area contributed by atoms with Gasteiger partial charge >= 0.3 is 0 Å². The molecule has 116 valence electrons. The van der Waals surface area contributed by atoms with Crippen molar-refractivity contribution in [3.63, 3.8) is 0 Å². The Balaban J connectivity index is 2.00. The van der Waals surface area contributed by atoms with E-state index in [1.54, 1.807) is 0 Å². The average Bonchev–Trinajstić information content (AvgIpc) is 2.99. The standard InChI is InChI=1S/C15H29N3OS/c1-3-16-14(18-9-5-6-10-18)17-13-15(20-4-2)7-11-19-12-8-15/h3-13H2,1-2H3,(H,16,17). The molecule has 4 nitrogen and oxygen atoms in total. The first-order chi connectivity index (χ1) is 9.79. The summed E-state index contributed by atoms with van der Waals surface area (Å²) < 4.78 is 5.84. The molecule has 0 atom stereocenters. The Morgan fingerprint density at radius 3 is 2.55 bits per heavy atom. The van der Waals surface area contributed by atoms with Gasteiger partial charge in [0.15, 0.2) is 5.96 Å². The third kappa shape index (κ3) is 4.29. The maximum Gasteiger partial charge on any atom is 0.193 e. The molecule has 2 saturated heterocycles. The van der Waals surface area contributed by atoms with Crippen molar-refractivity contribution in [3.8, 4) is 0 Å². The number of nitrogens with one attached hydrogen (secondary N) is 1. The van der Waals surface area contributed by atoms with Crippen molar-refractivity contribution in [2.24, 2.45) is 4.99 Å². The van der Waals surface area contributed by atoms with E-state index in [4.69, 9.17) is 9.73 Å². The van der Waals surface area contributed by atoms with Crippen LogP contribution in [0.4, 0.5) is 0 Å². The maximum atomic E-state index is 5.54. The Kier molecular flexibility index (Phi) is 6.49. The molecule has 1 N–H and O–H groups in total. The zero-order chi connectivity index (χ0) is 14.3. The largest absolute Gasteiger partial charge is 0.381 e. The summed E-state index contributed by atoms with van der Waals surface area (Å²) in [5.41, 5.74) is 0. The number of rotatable bonds is 5. The molecule has 0 unspecified atom stereocenters. The summed E-state index contributed by atoms with van der Waals surface area (Å²) in [6.45, 7) is 10.4. The maximum absolute atomic E-state index is 5.54. The zero-order valence-electron chi connectivity index (χ0n) is 13.0. The Hall–Kier alpha value is -0.420. The molecular weight excluding hydrogens is 270 g/mol. The van der Waals surface area contributed by atoms with Crippen molar-refractivity contribution < 1.29 is 4.74 Å². The minimum absolute atomic E-state index is 0.299. The highest BCUT2D eigenvalue weighted by Crippen LogP contribution is 2.35. The molecule has 5 heteroatoms. The van der Waals surface area contributed by atoms with Crippen LogP contribution in [0.5, 0.6) is 0 Å². The van der Waals surface area contributed by atoms with Gasteiger partial charge in [0.1, 0.15) is 0 Å². The van der Waals surface area contributed by atoms with Gasteiger partial charge in [-0.15, -0.1) is 0 Å². The van der Waals surface area contributed by atoms with Crippen LogP contribution in [-0.4, -0.2) is 60.8 Å². The van der Waals surface area contributed by atoms with Gasteiger partial charge in [0, 0.05) is 37.6 Å². The van der Waals surface area contributed by atoms with Crippen LogP contribution in [0.3, 0.4) is 0 Å². The molecule has 0 aromatic heterocycles. The third-order valence-electron chi connectivity index (χ3n) is 4.11. The second kappa shape index (κ2) is 8.13. The summed E-state index contributed by atoms with van der Waals surface area (Å²) in [5, 5.41) is 3.46. The molecule has 2 aliphatic heterocycles. The van der Waals surface area contributed by atoms with E-state index in [0.717, 1.165) is 63.9 Å². The fourth-order valence-corrected chi connectivity index (χ4v) is 4.19. The first-order valence-electron chi connectivity index (χ1n) is 8.04. The van der Waals surface area contributed by atoms with Crippen LogP contribution in [0.1, 0.15) is 39.5 Å². The lowest BCUT2D eigenvalue weighted by atomic mass is 9.99. The lowest BCUT2D eigenvalue weighted by Gasteiger charge is -2.35. The van der Waals surface area contributed by atoms with Crippen LogP contribution < -0.4 is 5.32 Å². The highest BCUT2D eigenvalue weighted by atomic mass is 32.2. The van der Waals surface area contributed by atoms with Gasteiger partial charge in [0.05, 0.1) is 6.54 Å². The van der Waals surface area contributed by atoms with Crippen molar-refractivity contribution in [3.05, 3.63) is 0 Å². The lowest BCUT2D eigenvalue weighted by molar-refractivity contribution is 0.0793. The Morgan fingerprint density at radius 1 is 1.25 bits per heavy atom. The minimum atomic E-state index is 0.299. The van der Waals surface area contributed by atoms with Gasteiger partial charge in [-0.1, -0.05) is 6.92 Å². The summed E-state index contributed by atoms with van der Waals surface area (Å²) >= 11 is 2.07. The smallest absolute Gasteiger partial charge is 0.193 e. The van der Waals surface area contributed by atoms with E-state index in [2.05, 4.69) is 35.8 Å². The first kappa shape index (κ1) is 16.0. The SMILES string of the molecule is CCNC(=NCC1(SCC)CCOCC1)N1CCCC1. The number of nitrogens with zero attached hydrogens (tertiary/aromatic N) is 2. The molecular formula is C15H29N3OS. The molecule has 0 amide bonds. The predicted octanol–water partition coefficient (Wildman–Crippen LogP) is 2.35. The Labute approximate surface area is 127 Å². The molecule has 2 fully saturated rings. The lowest BCUT2D eigenvalue weighted by Crippen LogP contribution is -2.42. The van der Waals surface area contributed by atoms with Crippen molar-refractivity contribution in [2.45, 2.75) is 44.3 Å². The molecule has 2 rings (SSSR count). The fourth-order valence-electron chi connectivity index (χ4n) is 2.97. The second-order valence-corrected chi connectivity index (χ2v) is 7.32. The van der Waals surface area contributed by atoms with E-state index < -0.39 is 0 Å². The second-order valence-electron chi connectivity index (χ2n) is 5.59. The van der Waals surface area contributed by atoms with E-state index in [0.29, 0.717) is 4.75 Å². The highest BCUT2D eigenvalue weighted by molar-refractivity contribution is 8.00. The number of thioether (sulfide) groups is 1. The first-order valence-corrected chi connectivity index (χ1v) is 9.03. The molecule has 2 aliphatic rings. The molecule has 20 heavy (non-hydrogen) atoms. The molecule has 0 aromatic carbocycles. The topological polar surface area (TPSA) is 36.9 Å². The highest BCUT2D eigenvalue weighted by Gasteiger charge is 2.32. The number of ether oxygens (including phenoxy) is 1. The van der Waals surface area contributed by atoms with Gasteiger partial charge in [0.25, 0.3) is 0 Å². The molecule has 0 bridgehead atoms. The Bertz CT molecular complexity index is 305. The van der Waals surface area contributed by atoms with E-state index in [1.807, 2.05) is 0 Å². The average molecular weight is 299 g/mol. The normalized spacial score (nSPS) is 23.1. The number of hydrogen-bond acceptors (Lipinski definition) is 3. The zero-order valence-corrected chi connectivity index (χ0v) is 13.8. The number of likely N-dealkylation sites (tertiary alicyclic amines) is 1. The fraction of sp³-hybridized carbons (Fsp3) is 0.933. The van der Waals surface area contributed by atoms with Crippen molar-refractivity contribution in [2.75, 3.05) is 45.1 Å². The van der Waals surface area contributed by atoms with Crippen LogP contribution in [0.2, 0.25) is 0 Å². The van der Waals surface area contributed by atoms with Gasteiger partial charge in [0.2, 0.25) is 0 Å². The van der Waals surface area contributed by atoms with Crippen LogP contribution >= 0.6 is 11.8 Å². The van der Waals surface area contributed by atoms with E-state index in [9.17, 15) is 0 Å². The van der Waals surface area contributed by atoms with Crippen LogP contribution in [0.15, 0.2) is 4.99 Å². The van der Waals surface area contributed by atoms with Gasteiger partial charge in [-0.2, -0.15) is 11.8 Å². The van der Waals surface area contributed by atoms with Crippen LogP contribution in [-0.2, 0) is 4.74 Å². The quantitative estimate of drug-likeness (QED) is 0.624. The molecule has 0 radical (unpaired) electrons. The van der Waals surface area contributed by atoms with Gasteiger partial charge in [-0.25, -0.2) is 0 Å². The summed E-state index contributed by atoms with van der Waals surface area (Å²) in [6, 6.07) is 0. The van der Waals surface area contributed by atoms with Crippen LogP contribution in [0.25, 0.3) is 0 Å². The monoisotopic (exact) mass is 299 g/mol. The van der Waals surface area contributed by atoms with Gasteiger partial charge < -0.3 is 15.0 Å². The molecule has 0 aromatic rings. The van der Waals surface area contributed by atoms with Crippen molar-refractivity contribution in [1.82, 2.24) is 10.2 Å². The third-order valence-corrected chi connectivity index (χ3v) is 5.55. The van der Waals surface area contributed by atoms with E-state index in [-0.39, 0.29) is 0 Å². The van der Waals surface area contributed by atoms with E-state index in [1.165, 1.54) is 12.8 Å². The van der Waals surface area contributed by atoms with Crippen molar-refractivity contribution in [1.29, 1.82) is 0 Å². The van der Waals surface area contributed by atoms with Crippen LogP contribution in [0, 0.1) is 0 Å². The molecule has 0 aliphatic carbocycles. The van der Waals surface area contributed by atoms with Gasteiger partial charge in [-0.3, -0.25) is 4.99 Å². The minimum Gasteiger partial charge on any atom is -0.381 e. The summed E-state index contributed by atoms with van der Waals surface area (Å²) in [7, 11) is 0. The van der Waals surface area contributed by atoms with Crippen molar-refractivity contribution >= 4 is 17.7 Å². The van der Waals surface area contributed by atoms with E-state index >= 15 is 0 Å². The number of aliphatic imine (C=N–C) groups is 1. The summed E-state index contributed by atoms with van der Waals surface area (Å²) in [5.74, 6) is 2.28. The number of hydrogen-bond donors (Lipinski definition) is 1. The molecule has 0 spiro atoms. The molecule has 2 heterocycles. The summed E-state index contributed by atoms with van der Waals surface area (Å²) in [4.78, 5) is 7.37. The molecule has 0 saturated carbocycles. The van der Waals surface area contributed by atoms with Gasteiger partial charge in [-0.05, 0) is 38.4 Å². The predicted molar refractivity (Wildman–Crippen MR) is 87.7 cm³/mol. The Morgan fingerprint density at radius 2 is 1.95 bits per heavy atom.